The van der Waals surface area contributed by atoms with Crippen LogP contribution in [0.25, 0.3) is 0 Å². The van der Waals surface area contributed by atoms with Crippen molar-refractivity contribution in [3.8, 4) is 0 Å². The molecule has 0 aliphatic carbocycles. The van der Waals surface area contributed by atoms with Gasteiger partial charge in [0.1, 0.15) is 0 Å². The van der Waals surface area contributed by atoms with Crippen molar-refractivity contribution >= 4 is 21.9 Å². The molecule has 0 aliphatic rings. The molecule has 0 amide bonds. The normalized spacial score (nSPS) is 9.93. The van der Waals surface area contributed by atoms with Crippen LogP contribution in [0.3, 0.4) is 0 Å². The number of nitrogens with zero attached hydrogens (tertiary/aromatic N) is 4. The molecule has 0 saturated heterocycles. The number of halogens is 1. The molecule has 0 unspecified atom stereocenters. The van der Waals surface area contributed by atoms with Crippen LogP contribution >= 0.6 is 15.9 Å². The Morgan fingerprint density at radius 2 is 2.07 bits per heavy atom. The van der Waals surface area contributed by atoms with Crippen LogP contribution in [0.15, 0.2) is 35.2 Å². The predicted octanol–water partition coefficient (Wildman–Crippen LogP) is 1.64. The smallest absolute Gasteiger partial charge is 0.222 e. The van der Waals surface area contributed by atoms with Gasteiger partial charge in [0.15, 0.2) is 0 Å². The molecule has 0 spiro atoms. The first-order valence-corrected chi connectivity index (χ1v) is 5.12. The molecule has 6 heteroatoms. The molecule has 0 aromatic carbocycles. The highest BCUT2D eigenvalue weighted by Gasteiger charge is 1.96. The largest absolute Gasteiger partial charge is 0.348 e. The van der Waals surface area contributed by atoms with Crippen LogP contribution in [0.4, 0.5) is 5.95 Å². The van der Waals surface area contributed by atoms with E-state index in [4.69, 9.17) is 0 Å². The van der Waals surface area contributed by atoms with E-state index in [1.165, 1.54) is 0 Å². The lowest BCUT2D eigenvalue weighted by molar-refractivity contribution is 0.913. The second-order valence-electron chi connectivity index (χ2n) is 2.79. The monoisotopic (exact) mass is 265 g/mol. The van der Waals surface area contributed by atoms with E-state index in [1.807, 2.05) is 12.1 Å². The van der Waals surface area contributed by atoms with Gasteiger partial charge in [0.2, 0.25) is 5.95 Å². The van der Waals surface area contributed by atoms with Gasteiger partial charge in [-0.25, -0.2) is 9.97 Å². The van der Waals surface area contributed by atoms with Gasteiger partial charge < -0.3 is 5.32 Å². The number of rotatable bonds is 3. The minimum atomic E-state index is 0.565. The van der Waals surface area contributed by atoms with Gasteiger partial charge in [0, 0.05) is 18.6 Å². The molecule has 0 saturated carbocycles. The molecule has 2 heterocycles. The first-order chi connectivity index (χ1) is 7.34. The number of nitrogens with one attached hydrogen (secondary N) is 1. The van der Waals surface area contributed by atoms with Gasteiger partial charge in [0.05, 0.1) is 16.7 Å². The van der Waals surface area contributed by atoms with E-state index in [2.05, 4.69) is 41.4 Å². The van der Waals surface area contributed by atoms with Crippen molar-refractivity contribution in [2.75, 3.05) is 5.32 Å². The summed E-state index contributed by atoms with van der Waals surface area (Å²) in [5.41, 5.74) is 0.851. The summed E-state index contributed by atoms with van der Waals surface area (Å²) < 4.78 is 0.854. The molecule has 2 aromatic heterocycles. The molecule has 0 radical (unpaired) electrons. The third kappa shape index (κ3) is 2.95. The summed E-state index contributed by atoms with van der Waals surface area (Å²) in [6.07, 6.45) is 5.01. The summed E-state index contributed by atoms with van der Waals surface area (Å²) in [4.78, 5) is 8.15. The summed E-state index contributed by atoms with van der Waals surface area (Å²) >= 11 is 3.27. The van der Waals surface area contributed by atoms with E-state index >= 15 is 0 Å². The van der Waals surface area contributed by atoms with Crippen molar-refractivity contribution in [1.82, 2.24) is 20.2 Å². The fourth-order valence-electron chi connectivity index (χ4n) is 1.00. The first-order valence-electron chi connectivity index (χ1n) is 4.32. The second kappa shape index (κ2) is 4.79. The Bertz CT molecular complexity index is 416. The van der Waals surface area contributed by atoms with Crippen LogP contribution in [0.2, 0.25) is 0 Å². The fraction of sp³-hybridized carbons (Fsp3) is 0.111. The van der Waals surface area contributed by atoms with Gasteiger partial charge in [-0.05, 0) is 28.1 Å². The summed E-state index contributed by atoms with van der Waals surface area (Å²) in [7, 11) is 0. The van der Waals surface area contributed by atoms with E-state index < -0.39 is 0 Å². The topological polar surface area (TPSA) is 63.6 Å². The van der Waals surface area contributed by atoms with E-state index in [-0.39, 0.29) is 0 Å². The molecular formula is C9H8BrN5. The Hall–Kier alpha value is -1.56. The Balaban J connectivity index is 1.96. The van der Waals surface area contributed by atoms with E-state index in [0.717, 1.165) is 10.2 Å². The zero-order valence-corrected chi connectivity index (χ0v) is 9.35. The molecule has 5 nitrogen and oxygen atoms in total. The van der Waals surface area contributed by atoms with E-state index in [1.54, 1.807) is 18.6 Å². The summed E-state index contributed by atoms with van der Waals surface area (Å²) in [6.45, 7) is 0.565. The minimum Gasteiger partial charge on any atom is -0.348 e. The van der Waals surface area contributed by atoms with Crippen LogP contribution in [0.5, 0.6) is 0 Å². The Morgan fingerprint density at radius 3 is 2.73 bits per heavy atom. The van der Waals surface area contributed by atoms with Crippen LogP contribution in [0.1, 0.15) is 5.69 Å². The van der Waals surface area contributed by atoms with Crippen molar-refractivity contribution in [1.29, 1.82) is 0 Å². The molecule has 0 bridgehead atoms. The van der Waals surface area contributed by atoms with E-state index in [0.29, 0.717) is 12.5 Å². The number of anilines is 1. The van der Waals surface area contributed by atoms with Crippen LogP contribution < -0.4 is 5.32 Å². The molecule has 0 aliphatic heterocycles. The minimum absolute atomic E-state index is 0.565. The highest BCUT2D eigenvalue weighted by molar-refractivity contribution is 9.10. The average molecular weight is 266 g/mol. The van der Waals surface area contributed by atoms with E-state index in [9.17, 15) is 0 Å². The van der Waals surface area contributed by atoms with Gasteiger partial charge >= 0.3 is 0 Å². The van der Waals surface area contributed by atoms with Gasteiger partial charge in [-0.1, -0.05) is 0 Å². The average Bonchev–Trinajstić information content (AvgIpc) is 2.30. The SMILES string of the molecule is Brc1cnc(NCc2cccnn2)nc1. The summed E-state index contributed by atoms with van der Waals surface area (Å²) in [5, 5.41) is 10.7. The number of hydrogen-bond acceptors (Lipinski definition) is 5. The van der Waals surface area contributed by atoms with Crippen molar-refractivity contribution in [3.63, 3.8) is 0 Å². The quantitative estimate of drug-likeness (QED) is 0.914. The summed E-state index contributed by atoms with van der Waals surface area (Å²) in [6, 6.07) is 3.73. The molecule has 0 fully saturated rings. The van der Waals surface area contributed by atoms with Gasteiger partial charge in [-0.2, -0.15) is 10.2 Å². The Morgan fingerprint density at radius 1 is 1.27 bits per heavy atom. The number of aromatic nitrogens is 4. The lowest BCUT2D eigenvalue weighted by Crippen LogP contribution is -2.05. The lowest BCUT2D eigenvalue weighted by atomic mass is 10.4. The third-order valence-corrected chi connectivity index (χ3v) is 2.08. The zero-order chi connectivity index (χ0) is 10.5. The molecule has 0 atom stereocenters. The maximum Gasteiger partial charge on any atom is 0.222 e. The molecule has 1 N–H and O–H groups in total. The van der Waals surface area contributed by atoms with Crippen molar-refractivity contribution in [2.24, 2.45) is 0 Å². The highest BCUT2D eigenvalue weighted by atomic mass is 79.9. The summed E-state index contributed by atoms with van der Waals surface area (Å²) in [5.74, 6) is 0.573. The Labute approximate surface area is 95.1 Å². The van der Waals surface area contributed by atoms with Crippen molar-refractivity contribution in [3.05, 3.63) is 40.9 Å². The first kappa shape index (κ1) is 9.97. The fourth-order valence-corrected chi connectivity index (χ4v) is 1.21. The van der Waals surface area contributed by atoms with Gasteiger partial charge in [0.25, 0.3) is 0 Å². The van der Waals surface area contributed by atoms with Gasteiger partial charge in [-0.15, -0.1) is 0 Å². The van der Waals surface area contributed by atoms with Crippen molar-refractivity contribution < 1.29 is 0 Å². The lowest BCUT2D eigenvalue weighted by Gasteiger charge is -2.02. The molecule has 2 rings (SSSR count). The highest BCUT2D eigenvalue weighted by Crippen LogP contribution is 2.07. The van der Waals surface area contributed by atoms with Crippen LogP contribution in [-0.4, -0.2) is 20.2 Å². The Kier molecular flexibility index (Phi) is 3.18. The predicted molar refractivity (Wildman–Crippen MR) is 59.1 cm³/mol. The van der Waals surface area contributed by atoms with Crippen LogP contribution in [0, 0.1) is 0 Å². The maximum atomic E-state index is 4.08. The number of hydrogen-bond donors (Lipinski definition) is 1. The third-order valence-electron chi connectivity index (χ3n) is 1.68. The second-order valence-corrected chi connectivity index (χ2v) is 3.71. The van der Waals surface area contributed by atoms with Crippen molar-refractivity contribution in [2.45, 2.75) is 6.54 Å². The molecular weight excluding hydrogens is 258 g/mol. The molecule has 76 valence electrons. The zero-order valence-electron chi connectivity index (χ0n) is 7.76. The van der Waals surface area contributed by atoms with Gasteiger partial charge in [-0.3, -0.25) is 0 Å². The molecule has 15 heavy (non-hydrogen) atoms. The molecule has 2 aromatic rings. The standard InChI is InChI=1S/C9H8BrN5/c10-7-4-11-9(12-5-7)13-6-8-2-1-3-14-15-8/h1-5H,6H2,(H,11,12,13). The van der Waals surface area contributed by atoms with Crippen LogP contribution in [-0.2, 0) is 6.54 Å². The maximum absolute atomic E-state index is 4.08.